The van der Waals surface area contributed by atoms with Crippen LogP contribution in [0.15, 0.2) is 24.3 Å². The Labute approximate surface area is 75.7 Å². The monoisotopic (exact) mass is 169 g/mol. The van der Waals surface area contributed by atoms with E-state index in [2.05, 4.69) is 9.97 Å². The number of rotatable bonds is 0. The van der Waals surface area contributed by atoms with Crippen LogP contribution in [0.2, 0.25) is 0 Å². The molecule has 1 aromatic carbocycles. The summed E-state index contributed by atoms with van der Waals surface area (Å²) in [5.41, 5.74) is 2.68. The SMILES string of the molecule is Cc1nc2ccccc2nc1C#N. The summed E-state index contributed by atoms with van der Waals surface area (Å²) in [5.74, 6) is 0. The Kier molecular flexibility index (Phi) is 1.67. The van der Waals surface area contributed by atoms with Crippen molar-refractivity contribution >= 4 is 11.0 Å². The van der Waals surface area contributed by atoms with E-state index in [1.54, 1.807) is 6.92 Å². The first-order chi connectivity index (χ1) is 6.31. The minimum atomic E-state index is 0.402. The topological polar surface area (TPSA) is 49.6 Å². The van der Waals surface area contributed by atoms with Crippen molar-refractivity contribution in [2.24, 2.45) is 0 Å². The predicted molar refractivity (Wildman–Crippen MR) is 49.0 cm³/mol. The highest BCUT2D eigenvalue weighted by atomic mass is 14.8. The minimum absolute atomic E-state index is 0.402. The van der Waals surface area contributed by atoms with E-state index in [1.807, 2.05) is 30.3 Å². The highest BCUT2D eigenvalue weighted by Crippen LogP contribution is 2.10. The molecule has 0 bridgehead atoms. The Balaban J connectivity index is 2.83. The van der Waals surface area contributed by atoms with Crippen molar-refractivity contribution in [3.05, 3.63) is 35.7 Å². The third-order valence-electron chi connectivity index (χ3n) is 1.85. The summed E-state index contributed by atoms with van der Waals surface area (Å²) in [6.07, 6.45) is 0. The molecular formula is C10H7N3. The number of nitriles is 1. The summed E-state index contributed by atoms with van der Waals surface area (Å²) in [5, 5.41) is 8.73. The average Bonchev–Trinajstić information content (AvgIpc) is 2.17. The fourth-order valence-electron chi connectivity index (χ4n) is 1.19. The van der Waals surface area contributed by atoms with Gasteiger partial charge in [-0.1, -0.05) is 12.1 Å². The van der Waals surface area contributed by atoms with E-state index >= 15 is 0 Å². The smallest absolute Gasteiger partial charge is 0.162 e. The molecule has 0 aliphatic heterocycles. The first-order valence-electron chi connectivity index (χ1n) is 3.95. The Hall–Kier alpha value is -1.95. The van der Waals surface area contributed by atoms with Crippen LogP contribution in [0.3, 0.4) is 0 Å². The minimum Gasteiger partial charge on any atom is -0.248 e. The molecular weight excluding hydrogens is 162 g/mol. The lowest BCUT2D eigenvalue weighted by Crippen LogP contribution is -1.93. The van der Waals surface area contributed by atoms with E-state index in [-0.39, 0.29) is 0 Å². The number of aromatic nitrogens is 2. The van der Waals surface area contributed by atoms with Gasteiger partial charge < -0.3 is 0 Å². The van der Waals surface area contributed by atoms with Crippen LogP contribution in [0, 0.1) is 18.3 Å². The molecule has 0 saturated carbocycles. The highest BCUT2D eigenvalue weighted by molar-refractivity contribution is 5.74. The van der Waals surface area contributed by atoms with Crippen molar-refractivity contribution in [2.45, 2.75) is 6.92 Å². The van der Waals surface area contributed by atoms with Gasteiger partial charge >= 0.3 is 0 Å². The molecule has 0 spiro atoms. The molecule has 0 aliphatic carbocycles. The third-order valence-corrected chi connectivity index (χ3v) is 1.85. The van der Waals surface area contributed by atoms with E-state index in [4.69, 9.17) is 5.26 Å². The van der Waals surface area contributed by atoms with Crippen molar-refractivity contribution in [1.82, 2.24) is 9.97 Å². The molecule has 0 saturated heterocycles. The molecule has 1 heterocycles. The first-order valence-corrected chi connectivity index (χ1v) is 3.95. The lowest BCUT2D eigenvalue weighted by atomic mass is 10.2. The molecule has 0 radical (unpaired) electrons. The molecule has 2 aromatic rings. The fraction of sp³-hybridized carbons (Fsp3) is 0.100. The maximum Gasteiger partial charge on any atom is 0.162 e. The van der Waals surface area contributed by atoms with Gasteiger partial charge in [0.1, 0.15) is 6.07 Å². The maximum atomic E-state index is 8.73. The van der Waals surface area contributed by atoms with Crippen LogP contribution in [0.1, 0.15) is 11.4 Å². The second-order valence-electron chi connectivity index (χ2n) is 2.76. The van der Waals surface area contributed by atoms with Crippen molar-refractivity contribution in [1.29, 1.82) is 5.26 Å². The van der Waals surface area contributed by atoms with Crippen LogP contribution in [-0.4, -0.2) is 9.97 Å². The van der Waals surface area contributed by atoms with Gasteiger partial charge in [0.05, 0.1) is 16.7 Å². The number of nitrogens with zero attached hydrogens (tertiary/aromatic N) is 3. The molecule has 3 nitrogen and oxygen atoms in total. The number of hydrogen-bond donors (Lipinski definition) is 0. The predicted octanol–water partition coefficient (Wildman–Crippen LogP) is 1.81. The van der Waals surface area contributed by atoms with Gasteiger partial charge in [-0.05, 0) is 19.1 Å². The highest BCUT2D eigenvalue weighted by Gasteiger charge is 2.02. The van der Waals surface area contributed by atoms with Crippen molar-refractivity contribution in [3.8, 4) is 6.07 Å². The molecule has 0 amide bonds. The van der Waals surface area contributed by atoms with Gasteiger partial charge in [-0.3, -0.25) is 0 Å². The van der Waals surface area contributed by atoms with Gasteiger partial charge in [0, 0.05) is 0 Å². The Morgan fingerprint density at radius 1 is 1.15 bits per heavy atom. The van der Waals surface area contributed by atoms with Gasteiger partial charge in [0.15, 0.2) is 5.69 Å². The zero-order valence-electron chi connectivity index (χ0n) is 7.15. The van der Waals surface area contributed by atoms with Crippen molar-refractivity contribution in [3.63, 3.8) is 0 Å². The van der Waals surface area contributed by atoms with Gasteiger partial charge in [-0.2, -0.15) is 5.26 Å². The van der Waals surface area contributed by atoms with Crippen LogP contribution in [0.5, 0.6) is 0 Å². The summed E-state index contributed by atoms with van der Waals surface area (Å²) >= 11 is 0. The standard InChI is InChI=1S/C10H7N3/c1-7-10(6-11)13-9-5-3-2-4-8(9)12-7/h2-5H,1H3. The zero-order chi connectivity index (χ0) is 9.26. The molecule has 1 aromatic heterocycles. The zero-order valence-corrected chi connectivity index (χ0v) is 7.15. The van der Waals surface area contributed by atoms with Gasteiger partial charge in [0.25, 0.3) is 0 Å². The van der Waals surface area contributed by atoms with E-state index in [0.29, 0.717) is 11.4 Å². The Morgan fingerprint density at radius 3 is 2.38 bits per heavy atom. The lowest BCUT2D eigenvalue weighted by molar-refractivity contribution is 1.15. The van der Waals surface area contributed by atoms with E-state index in [1.165, 1.54) is 0 Å². The summed E-state index contributed by atoms with van der Waals surface area (Å²) in [7, 11) is 0. The molecule has 62 valence electrons. The molecule has 0 fully saturated rings. The molecule has 0 N–H and O–H groups in total. The van der Waals surface area contributed by atoms with Crippen LogP contribution in [0.25, 0.3) is 11.0 Å². The summed E-state index contributed by atoms with van der Waals surface area (Å²) in [6.45, 7) is 1.79. The molecule has 0 atom stereocenters. The van der Waals surface area contributed by atoms with Crippen LogP contribution in [-0.2, 0) is 0 Å². The quantitative estimate of drug-likeness (QED) is 0.604. The van der Waals surface area contributed by atoms with Crippen LogP contribution >= 0.6 is 0 Å². The number of benzene rings is 1. The number of fused-ring (bicyclic) bond motifs is 1. The van der Waals surface area contributed by atoms with Crippen LogP contribution in [0.4, 0.5) is 0 Å². The first kappa shape index (κ1) is 7.69. The fourth-order valence-corrected chi connectivity index (χ4v) is 1.19. The van der Waals surface area contributed by atoms with Crippen molar-refractivity contribution < 1.29 is 0 Å². The summed E-state index contributed by atoms with van der Waals surface area (Å²) in [6, 6.07) is 9.54. The Morgan fingerprint density at radius 2 is 1.77 bits per heavy atom. The van der Waals surface area contributed by atoms with Crippen molar-refractivity contribution in [2.75, 3.05) is 0 Å². The third kappa shape index (κ3) is 1.23. The number of aryl methyl sites for hydroxylation is 1. The molecule has 0 unspecified atom stereocenters. The van der Waals surface area contributed by atoms with Gasteiger partial charge in [0.2, 0.25) is 0 Å². The lowest BCUT2D eigenvalue weighted by Gasteiger charge is -1.98. The molecule has 3 heteroatoms. The molecule has 13 heavy (non-hydrogen) atoms. The number of para-hydroxylation sites is 2. The number of hydrogen-bond acceptors (Lipinski definition) is 3. The van der Waals surface area contributed by atoms with E-state index in [9.17, 15) is 0 Å². The normalized spacial score (nSPS) is 9.85. The Bertz CT molecular complexity index is 497. The molecule has 0 aliphatic rings. The second kappa shape index (κ2) is 2.83. The largest absolute Gasteiger partial charge is 0.248 e. The van der Waals surface area contributed by atoms with Crippen LogP contribution < -0.4 is 0 Å². The van der Waals surface area contributed by atoms with E-state index < -0.39 is 0 Å². The van der Waals surface area contributed by atoms with Gasteiger partial charge in [-0.25, -0.2) is 9.97 Å². The molecule has 2 rings (SSSR count). The summed E-state index contributed by atoms with van der Waals surface area (Å²) in [4.78, 5) is 8.43. The van der Waals surface area contributed by atoms with Gasteiger partial charge in [-0.15, -0.1) is 0 Å². The van der Waals surface area contributed by atoms with E-state index in [0.717, 1.165) is 11.0 Å². The summed E-state index contributed by atoms with van der Waals surface area (Å²) < 4.78 is 0. The maximum absolute atomic E-state index is 8.73. The average molecular weight is 169 g/mol. The second-order valence-corrected chi connectivity index (χ2v) is 2.76.